The van der Waals surface area contributed by atoms with Crippen LogP contribution in [0, 0.1) is 5.92 Å². The molecule has 6 heteroatoms. The lowest BCUT2D eigenvalue weighted by Gasteiger charge is -2.23. The van der Waals surface area contributed by atoms with Gasteiger partial charge in [-0.05, 0) is 37.8 Å². The molecule has 0 saturated heterocycles. The van der Waals surface area contributed by atoms with E-state index in [2.05, 4.69) is 4.98 Å². The summed E-state index contributed by atoms with van der Waals surface area (Å²) < 4.78 is 38.1. The lowest BCUT2D eigenvalue weighted by atomic mass is 10.2. The van der Waals surface area contributed by atoms with Crippen molar-refractivity contribution >= 4 is 17.4 Å². The fraction of sp³-hybridized carbons (Fsp3) is 0.583. The van der Waals surface area contributed by atoms with Crippen molar-refractivity contribution in [2.45, 2.75) is 25.9 Å². The molecule has 0 bridgehead atoms. The van der Waals surface area contributed by atoms with Crippen molar-refractivity contribution in [2.75, 3.05) is 18.0 Å². The summed E-state index contributed by atoms with van der Waals surface area (Å²) in [4.78, 5) is 5.84. The van der Waals surface area contributed by atoms with E-state index in [0.29, 0.717) is 18.3 Å². The van der Waals surface area contributed by atoms with Crippen LogP contribution in [0.15, 0.2) is 12.1 Å². The highest BCUT2D eigenvalue weighted by molar-refractivity contribution is 6.29. The highest BCUT2D eigenvalue weighted by Gasteiger charge is 2.32. The lowest BCUT2D eigenvalue weighted by Crippen LogP contribution is -2.26. The van der Waals surface area contributed by atoms with E-state index >= 15 is 0 Å². The van der Waals surface area contributed by atoms with E-state index in [1.165, 1.54) is 0 Å². The minimum Gasteiger partial charge on any atom is -0.357 e. The molecule has 0 atom stereocenters. The van der Waals surface area contributed by atoms with Crippen LogP contribution < -0.4 is 4.90 Å². The van der Waals surface area contributed by atoms with Gasteiger partial charge in [0.2, 0.25) is 0 Å². The quantitative estimate of drug-likeness (QED) is 0.774. The number of anilines is 1. The Morgan fingerprint density at radius 1 is 1.39 bits per heavy atom. The molecule has 1 aromatic rings. The van der Waals surface area contributed by atoms with E-state index in [-0.39, 0.29) is 5.15 Å². The SMILES string of the molecule is CCN(CC1CC1)c1cc(C(F)(F)F)cc(Cl)n1. The summed E-state index contributed by atoms with van der Waals surface area (Å²) in [5, 5.41) is -0.117. The zero-order valence-electron chi connectivity index (χ0n) is 9.97. The maximum absolute atomic E-state index is 12.7. The first-order chi connectivity index (χ1) is 8.40. The third-order valence-electron chi connectivity index (χ3n) is 2.99. The van der Waals surface area contributed by atoms with E-state index in [9.17, 15) is 13.2 Å². The Labute approximate surface area is 109 Å². The van der Waals surface area contributed by atoms with Gasteiger partial charge in [0, 0.05) is 13.1 Å². The van der Waals surface area contributed by atoms with Gasteiger partial charge in [-0.3, -0.25) is 0 Å². The molecule has 0 aliphatic heterocycles. The molecule has 0 aromatic carbocycles. The molecule has 1 aliphatic rings. The molecule has 1 aliphatic carbocycles. The Bertz CT molecular complexity index is 430. The lowest BCUT2D eigenvalue weighted by molar-refractivity contribution is -0.137. The molecule has 18 heavy (non-hydrogen) atoms. The van der Waals surface area contributed by atoms with Gasteiger partial charge in [0.05, 0.1) is 5.56 Å². The van der Waals surface area contributed by atoms with Gasteiger partial charge in [-0.15, -0.1) is 0 Å². The second-order valence-corrected chi connectivity index (χ2v) is 4.90. The van der Waals surface area contributed by atoms with Crippen LogP contribution in [0.25, 0.3) is 0 Å². The highest BCUT2D eigenvalue weighted by Crippen LogP contribution is 2.35. The molecule has 1 heterocycles. The molecular weight excluding hydrogens is 265 g/mol. The molecular formula is C12H14ClF3N2. The number of rotatable bonds is 4. The van der Waals surface area contributed by atoms with Gasteiger partial charge >= 0.3 is 6.18 Å². The highest BCUT2D eigenvalue weighted by atomic mass is 35.5. The van der Waals surface area contributed by atoms with Crippen molar-refractivity contribution in [3.63, 3.8) is 0 Å². The summed E-state index contributed by atoms with van der Waals surface area (Å²) >= 11 is 5.67. The zero-order valence-corrected chi connectivity index (χ0v) is 10.7. The first-order valence-electron chi connectivity index (χ1n) is 5.90. The molecule has 0 spiro atoms. The second-order valence-electron chi connectivity index (χ2n) is 4.52. The summed E-state index contributed by atoms with van der Waals surface area (Å²) in [6.07, 6.45) is -2.10. The maximum atomic E-state index is 12.7. The Morgan fingerprint density at radius 2 is 2.06 bits per heavy atom. The monoisotopic (exact) mass is 278 g/mol. The average Bonchev–Trinajstić information content (AvgIpc) is 3.07. The molecule has 0 unspecified atom stereocenters. The van der Waals surface area contributed by atoms with E-state index in [1.807, 2.05) is 11.8 Å². The Hall–Kier alpha value is -0.970. The number of hydrogen-bond donors (Lipinski definition) is 0. The summed E-state index contributed by atoms with van der Waals surface area (Å²) in [6, 6.07) is 1.92. The second kappa shape index (κ2) is 4.96. The first-order valence-corrected chi connectivity index (χ1v) is 6.27. The van der Waals surface area contributed by atoms with Crippen molar-refractivity contribution in [3.05, 3.63) is 22.8 Å². The third kappa shape index (κ3) is 3.28. The van der Waals surface area contributed by atoms with E-state index in [1.54, 1.807) is 0 Å². The Kier molecular flexibility index (Phi) is 3.71. The van der Waals surface area contributed by atoms with Crippen molar-refractivity contribution in [2.24, 2.45) is 5.92 Å². The minimum absolute atomic E-state index is 0.117. The van der Waals surface area contributed by atoms with Crippen LogP contribution in [0.3, 0.4) is 0 Å². The van der Waals surface area contributed by atoms with Crippen LogP contribution >= 0.6 is 11.6 Å². The van der Waals surface area contributed by atoms with Crippen LogP contribution in [0.5, 0.6) is 0 Å². The van der Waals surface area contributed by atoms with Crippen molar-refractivity contribution in [1.82, 2.24) is 4.98 Å². The summed E-state index contributed by atoms with van der Waals surface area (Å²) in [6.45, 7) is 3.28. The van der Waals surface area contributed by atoms with Crippen LogP contribution in [0.4, 0.5) is 19.0 Å². The maximum Gasteiger partial charge on any atom is 0.416 e. The van der Waals surface area contributed by atoms with Crippen LogP contribution in [-0.2, 0) is 6.18 Å². The fourth-order valence-electron chi connectivity index (χ4n) is 1.81. The topological polar surface area (TPSA) is 16.1 Å². The number of halogens is 4. The number of nitrogens with zero attached hydrogens (tertiary/aromatic N) is 2. The van der Waals surface area contributed by atoms with Crippen LogP contribution in [-0.4, -0.2) is 18.1 Å². The number of pyridine rings is 1. The smallest absolute Gasteiger partial charge is 0.357 e. The van der Waals surface area contributed by atoms with Crippen molar-refractivity contribution in [1.29, 1.82) is 0 Å². The molecule has 0 radical (unpaired) electrons. The van der Waals surface area contributed by atoms with Gasteiger partial charge in [-0.1, -0.05) is 11.6 Å². The molecule has 1 fully saturated rings. The zero-order chi connectivity index (χ0) is 13.3. The van der Waals surface area contributed by atoms with E-state index in [4.69, 9.17) is 11.6 Å². The molecule has 0 N–H and O–H groups in total. The largest absolute Gasteiger partial charge is 0.416 e. The summed E-state index contributed by atoms with van der Waals surface area (Å²) in [5.74, 6) is 0.893. The Morgan fingerprint density at radius 3 is 2.56 bits per heavy atom. The predicted octanol–water partition coefficient (Wildman–Crippen LogP) is 3.99. The van der Waals surface area contributed by atoms with Gasteiger partial charge < -0.3 is 4.90 Å². The van der Waals surface area contributed by atoms with Gasteiger partial charge in [-0.2, -0.15) is 13.2 Å². The number of alkyl halides is 3. The summed E-state index contributed by atoms with van der Waals surface area (Å²) in [5.41, 5.74) is -0.744. The Balaban J connectivity index is 2.27. The molecule has 0 amide bonds. The van der Waals surface area contributed by atoms with Gasteiger partial charge in [-0.25, -0.2) is 4.98 Å². The first kappa shape index (κ1) is 13.5. The van der Waals surface area contributed by atoms with Gasteiger partial charge in [0.15, 0.2) is 0 Å². The summed E-state index contributed by atoms with van der Waals surface area (Å²) in [7, 11) is 0. The van der Waals surface area contributed by atoms with Crippen molar-refractivity contribution in [3.8, 4) is 0 Å². The fourth-order valence-corrected chi connectivity index (χ4v) is 2.01. The van der Waals surface area contributed by atoms with Crippen molar-refractivity contribution < 1.29 is 13.2 Å². The molecule has 2 nitrogen and oxygen atoms in total. The molecule has 100 valence electrons. The van der Waals surface area contributed by atoms with Gasteiger partial charge in [0.25, 0.3) is 0 Å². The normalized spacial score (nSPS) is 15.8. The van der Waals surface area contributed by atoms with Gasteiger partial charge in [0.1, 0.15) is 11.0 Å². The van der Waals surface area contributed by atoms with Crippen LogP contribution in [0.2, 0.25) is 5.15 Å². The standard InChI is InChI=1S/C12H14ClF3N2/c1-2-18(7-8-3-4-8)11-6-9(12(14,15)16)5-10(13)17-11/h5-6,8H,2-4,7H2,1H3. The molecule has 1 saturated carbocycles. The predicted molar refractivity (Wildman–Crippen MR) is 64.9 cm³/mol. The van der Waals surface area contributed by atoms with E-state index < -0.39 is 11.7 Å². The third-order valence-corrected chi connectivity index (χ3v) is 3.18. The minimum atomic E-state index is -4.39. The number of aromatic nitrogens is 1. The molecule has 2 rings (SSSR count). The van der Waals surface area contributed by atoms with E-state index in [0.717, 1.165) is 31.5 Å². The number of hydrogen-bond acceptors (Lipinski definition) is 2. The van der Waals surface area contributed by atoms with Crippen LogP contribution in [0.1, 0.15) is 25.3 Å². The average molecular weight is 279 g/mol. The molecule has 1 aromatic heterocycles.